The van der Waals surface area contributed by atoms with Crippen molar-refractivity contribution in [2.45, 2.75) is 58.2 Å². The van der Waals surface area contributed by atoms with E-state index in [1.165, 1.54) is 22.6 Å². The van der Waals surface area contributed by atoms with Crippen molar-refractivity contribution in [3.8, 4) is 17.0 Å². The van der Waals surface area contributed by atoms with Gasteiger partial charge in [-0.15, -0.1) is 36.2 Å². The number of hydrogen-bond donors (Lipinski definition) is 1. The summed E-state index contributed by atoms with van der Waals surface area (Å²) in [5, 5.41) is 4.10. The fourth-order valence-corrected chi connectivity index (χ4v) is 5.81. The molecule has 35 heavy (non-hydrogen) atoms. The molecule has 5 rings (SSSR count). The van der Waals surface area contributed by atoms with Gasteiger partial charge in [0.2, 0.25) is 11.8 Å². The van der Waals surface area contributed by atoms with E-state index in [9.17, 15) is 9.59 Å². The molecule has 0 radical (unpaired) electrons. The van der Waals surface area contributed by atoms with Gasteiger partial charge in [-0.25, -0.2) is 9.97 Å². The van der Waals surface area contributed by atoms with Crippen molar-refractivity contribution < 1.29 is 14.3 Å². The lowest BCUT2D eigenvalue weighted by Gasteiger charge is -2.29. The molecule has 3 aromatic rings. The molecular weight excluding hydrogens is 531 g/mol. The summed E-state index contributed by atoms with van der Waals surface area (Å²) in [6.07, 6.45) is 4.22. The maximum absolute atomic E-state index is 12.1. The molecular formula is C24H27Cl3N4O3S. The molecule has 4 heterocycles. The summed E-state index contributed by atoms with van der Waals surface area (Å²) in [6, 6.07) is 6.21. The summed E-state index contributed by atoms with van der Waals surface area (Å²) < 4.78 is 7.37. The van der Waals surface area contributed by atoms with E-state index in [1.807, 2.05) is 25.1 Å². The van der Waals surface area contributed by atoms with Crippen LogP contribution in [0.5, 0.6) is 5.75 Å². The van der Waals surface area contributed by atoms with Crippen LogP contribution in [0, 0.1) is 6.92 Å². The molecule has 2 aliphatic rings. The predicted molar refractivity (Wildman–Crippen MR) is 143 cm³/mol. The number of rotatable bonds is 5. The van der Waals surface area contributed by atoms with Crippen LogP contribution in [0.15, 0.2) is 24.5 Å². The highest BCUT2D eigenvalue weighted by Crippen LogP contribution is 2.41. The van der Waals surface area contributed by atoms with Crippen molar-refractivity contribution >= 4 is 69.8 Å². The zero-order valence-electron chi connectivity index (χ0n) is 19.4. The maximum Gasteiger partial charge on any atom is 0.230 e. The Morgan fingerprint density at radius 1 is 1.14 bits per heavy atom. The third-order valence-corrected chi connectivity index (χ3v) is 7.56. The first-order valence-corrected chi connectivity index (χ1v) is 12.4. The van der Waals surface area contributed by atoms with E-state index in [0.29, 0.717) is 11.1 Å². The van der Waals surface area contributed by atoms with Crippen molar-refractivity contribution in [2.24, 2.45) is 0 Å². The predicted octanol–water partition coefficient (Wildman–Crippen LogP) is 5.33. The van der Waals surface area contributed by atoms with E-state index in [-0.39, 0.29) is 62.1 Å². The molecule has 0 unspecified atom stereocenters. The lowest BCUT2D eigenvalue weighted by atomic mass is 10.0. The van der Waals surface area contributed by atoms with Crippen molar-refractivity contribution in [2.75, 3.05) is 6.54 Å². The van der Waals surface area contributed by atoms with Crippen LogP contribution >= 0.6 is 47.8 Å². The largest absolute Gasteiger partial charge is 0.488 e. The number of carbonyl (C=O) groups excluding carboxylic acids is 2. The number of thiophene rings is 1. The highest BCUT2D eigenvalue weighted by atomic mass is 35.5. The van der Waals surface area contributed by atoms with Crippen molar-refractivity contribution in [1.82, 2.24) is 20.2 Å². The van der Waals surface area contributed by atoms with Gasteiger partial charge in [-0.3, -0.25) is 14.5 Å². The van der Waals surface area contributed by atoms with Gasteiger partial charge < -0.3 is 10.1 Å². The number of aryl methyl sites for hydroxylation is 1. The highest BCUT2D eigenvalue weighted by Gasteiger charge is 2.30. The van der Waals surface area contributed by atoms with E-state index in [4.69, 9.17) is 16.3 Å². The molecule has 0 aliphatic carbocycles. The zero-order valence-corrected chi connectivity index (χ0v) is 22.6. The molecule has 0 saturated carbocycles. The van der Waals surface area contributed by atoms with Crippen molar-refractivity contribution in [3.63, 3.8) is 0 Å². The van der Waals surface area contributed by atoms with Gasteiger partial charge in [-0.1, -0.05) is 11.6 Å². The van der Waals surface area contributed by atoms with Crippen LogP contribution in [0.1, 0.15) is 43.0 Å². The van der Waals surface area contributed by atoms with Crippen LogP contribution in [0.3, 0.4) is 0 Å². The molecule has 2 fully saturated rings. The molecule has 2 amide bonds. The van der Waals surface area contributed by atoms with Crippen LogP contribution < -0.4 is 10.1 Å². The Morgan fingerprint density at radius 2 is 1.89 bits per heavy atom. The van der Waals surface area contributed by atoms with Gasteiger partial charge in [0.05, 0.1) is 22.5 Å². The molecule has 2 aliphatic heterocycles. The smallest absolute Gasteiger partial charge is 0.230 e. The number of carbonyl (C=O) groups is 2. The van der Waals surface area contributed by atoms with Crippen LogP contribution in [-0.4, -0.2) is 45.4 Å². The number of benzene rings is 1. The van der Waals surface area contributed by atoms with Gasteiger partial charge in [0, 0.05) is 40.9 Å². The average Bonchev–Trinajstić information content (AvgIpc) is 3.34. The molecule has 0 spiro atoms. The Kier molecular flexibility index (Phi) is 8.99. The van der Waals surface area contributed by atoms with E-state index in [1.54, 1.807) is 0 Å². The number of ether oxygens (including phenoxy) is 1. The van der Waals surface area contributed by atoms with Gasteiger partial charge >= 0.3 is 0 Å². The molecule has 0 bridgehead atoms. The quantitative estimate of drug-likeness (QED) is 0.427. The molecule has 1 aromatic carbocycles. The van der Waals surface area contributed by atoms with Gasteiger partial charge in [-0.05, 0) is 50.5 Å². The topological polar surface area (TPSA) is 84.4 Å². The van der Waals surface area contributed by atoms with Gasteiger partial charge in [0.15, 0.2) is 0 Å². The molecule has 2 saturated heterocycles. The van der Waals surface area contributed by atoms with Gasteiger partial charge in [0.25, 0.3) is 0 Å². The van der Waals surface area contributed by atoms with Crippen LogP contribution in [0.25, 0.3) is 21.5 Å². The number of piperidine rings is 1. The number of imide groups is 1. The second-order valence-electron chi connectivity index (χ2n) is 8.75. The average molecular weight is 558 g/mol. The summed E-state index contributed by atoms with van der Waals surface area (Å²) in [4.78, 5) is 35.4. The molecule has 2 atom stereocenters. The third-order valence-electron chi connectivity index (χ3n) is 6.23. The minimum Gasteiger partial charge on any atom is -0.488 e. The number of fused-ring (bicyclic) bond motifs is 1. The first-order valence-electron chi connectivity index (χ1n) is 11.2. The lowest BCUT2D eigenvalue weighted by molar-refractivity contribution is -0.138. The number of hydrogen-bond acceptors (Lipinski definition) is 7. The second-order valence-corrected chi connectivity index (χ2v) is 10.3. The normalized spacial score (nSPS) is 20.0. The Balaban J connectivity index is 0.00000171. The zero-order chi connectivity index (χ0) is 23.1. The van der Waals surface area contributed by atoms with Crippen LogP contribution in [-0.2, 0) is 16.1 Å². The molecule has 188 valence electrons. The monoisotopic (exact) mass is 556 g/mol. The second kappa shape index (κ2) is 11.4. The molecule has 1 N–H and O–H groups in total. The molecule has 11 heteroatoms. The third kappa shape index (κ3) is 5.73. The first kappa shape index (κ1) is 27.6. The van der Waals surface area contributed by atoms with Crippen LogP contribution in [0.2, 0.25) is 5.02 Å². The van der Waals surface area contributed by atoms with Crippen LogP contribution in [0.4, 0.5) is 0 Å². The van der Waals surface area contributed by atoms with Crippen molar-refractivity contribution in [1.29, 1.82) is 0 Å². The minimum atomic E-state index is -0.125. The molecule has 2 aromatic heterocycles. The Labute approximate surface area is 225 Å². The van der Waals surface area contributed by atoms with Gasteiger partial charge in [-0.2, -0.15) is 0 Å². The first-order chi connectivity index (χ1) is 15.9. The standard InChI is InChI=1S/C24H25ClN4O3S.2ClH/c1-13-7-15(25)8-18(23(13)32-16-4-3-14(2)26-10-16)22-24-19(27-12-28-22)9-17(33-24)11-29-20(30)5-6-21(29)31;;/h7-9,12,14,16,26H,3-6,10-11H2,1-2H3;2*1H/t14-,16-;;/m0../s1. The summed E-state index contributed by atoms with van der Waals surface area (Å²) in [5.74, 6) is 0.529. The Bertz CT molecular complexity index is 1230. The number of likely N-dealkylation sites (tertiary alicyclic amines) is 1. The van der Waals surface area contributed by atoms with E-state index >= 15 is 0 Å². The Morgan fingerprint density at radius 3 is 2.57 bits per heavy atom. The summed E-state index contributed by atoms with van der Waals surface area (Å²) >= 11 is 7.94. The van der Waals surface area contributed by atoms with E-state index in [2.05, 4.69) is 22.2 Å². The SMILES string of the molecule is Cc1cc(Cl)cc(-c2ncnc3cc(CN4C(=O)CCC4=O)sc23)c1O[C@H]1CC[C@H](C)NC1.Cl.Cl. The summed E-state index contributed by atoms with van der Waals surface area (Å²) in [6.45, 7) is 5.24. The fraction of sp³-hybridized carbons (Fsp3) is 0.417. The van der Waals surface area contributed by atoms with E-state index < -0.39 is 0 Å². The van der Waals surface area contributed by atoms with Gasteiger partial charge in [0.1, 0.15) is 18.2 Å². The lowest BCUT2D eigenvalue weighted by Crippen LogP contribution is -2.42. The van der Waals surface area contributed by atoms with Crippen molar-refractivity contribution in [3.05, 3.63) is 40.0 Å². The maximum atomic E-state index is 12.1. The number of nitrogens with zero attached hydrogens (tertiary/aromatic N) is 3. The number of halogens is 3. The molecule has 7 nitrogen and oxygen atoms in total. The summed E-state index contributed by atoms with van der Waals surface area (Å²) in [5.41, 5.74) is 3.30. The minimum absolute atomic E-state index is 0. The number of amides is 2. The fourth-order valence-electron chi connectivity index (χ4n) is 4.43. The highest BCUT2D eigenvalue weighted by molar-refractivity contribution is 7.19. The summed E-state index contributed by atoms with van der Waals surface area (Å²) in [7, 11) is 0. The number of nitrogens with one attached hydrogen (secondary N) is 1. The Hall–Kier alpha value is -1.97. The van der Waals surface area contributed by atoms with E-state index in [0.717, 1.165) is 57.1 Å². The number of aromatic nitrogens is 2.